The highest BCUT2D eigenvalue weighted by Gasteiger charge is 2.29. The molecule has 1 fully saturated rings. The van der Waals surface area contributed by atoms with Crippen LogP contribution in [0.4, 0.5) is 5.69 Å². The van der Waals surface area contributed by atoms with E-state index in [9.17, 15) is 13.2 Å². The molecule has 5 nitrogen and oxygen atoms in total. The number of amides is 1. The quantitative estimate of drug-likeness (QED) is 0.862. The monoisotopic (exact) mass is 344 g/mol. The third-order valence-electron chi connectivity index (χ3n) is 3.87. The molecule has 22 heavy (non-hydrogen) atoms. The molecule has 122 valence electrons. The molecule has 7 heteroatoms. The van der Waals surface area contributed by atoms with E-state index in [-0.39, 0.29) is 24.9 Å². The predicted molar refractivity (Wildman–Crippen MR) is 88.5 cm³/mol. The minimum absolute atomic E-state index is 0.0307. The summed E-state index contributed by atoms with van der Waals surface area (Å²) < 4.78 is 25.3. The number of nitrogens with zero attached hydrogens (tertiary/aromatic N) is 1. The molecule has 1 aliphatic rings. The summed E-state index contributed by atoms with van der Waals surface area (Å²) in [7, 11) is -3.30. The highest BCUT2D eigenvalue weighted by Crippen LogP contribution is 2.26. The summed E-state index contributed by atoms with van der Waals surface area (Å²) in [6, 6.07) is 7.00. The van der Waals surface area contributed by atoms with Crippen molar-refractivity contribution in [2.24, 2.45) is 0 Å². The Morgan fingerprint density at radius 1 is 1.32 bits per heavy atom. The average Bonchev–Trinajstić information content (AvgIpc) is 2.94. The lowest BCUT2D eigenvalue weighted by atomic mass is 10.2. The highest BCUT2D eigenvalue weighted by atomic mass is 35.5. The Kier molecular flexibility index (Phi) is 5.83. The van der Waals surface area contributed by atoms with Gasteiger partial charge in [-0.1, -0.05) is 36.6 Å². The lowest BCUT2D eigenvalue weighted by Gasteiger charge is -2.26. The van der Waals surface area contributed by atoms with Crippen LogP contribution in [0.5, 0.6) is 0 Å². The van der Waals surface area contributed by atoms with Crippen LogP contribution in [-0.4, -0.2) is 37.5 Å². The molecule has 0 saturated heterocycles. The molecule has 0 unspecified atom stereocenters. The summed E-state index contributed by atoms with van der Waals surface area (Å²) in [6.07, 6.45) is 5.16. The molecule has 2 rings (SSSR count). The summed E-state index contributed by atoms with van der Waals surface area (Å²) in [5.41, 5.74) is 0.543. The van der Waals surface area contributed by atoms with E-state index in [1.54, 1.807) is 24.3 Å². The first-order valence-corrected chi connectivity index (χ1v) is 9.62. The lowest BCUT2D eigenvalue weighted by Crippen LogP contribution is -2.39. The average molecular weight is 345 g/mol. The van der Waals surface area contributed by atoms with E-state index < -0.39 is 10.0 Å². The van der Waals surface area contributed by atoms with Gasteiger partial charge in [0.1, 0.15) is 0 Å². The fraction of sp³-hybridized carbons (Fsp3) is 0.533. The number of hydrogen-bond donors (Lipinski definition) is 1. The van der Waals surface area contributed by atoms with Crippen molar-refractivity contribution in [2.75, 3.05) is 18.1 Å². The van der Waals surface area contributed by atoms with Gasteiger partial charge in [0.25, 0.3) is 0 Å². The first-order chi connectivity index (χ1) is 10.4. The summed E-state index contributed by atoms with van der Waals surface area (Å²) in [5.74, 6) is -0.236. The van der Waals surface area contributed by atoms with Crippen molar-refractivity contribution in [1.29, 1.82) is 0 Å². The Morgan fingerprint density at radius 3 is 2.55 bits per heavy atom. The number of anilines is 1. The largest absolute Gasteiger partial charge is 0.325 e. The van der Waals surface area contributed by atoms with Gasteiger partial charge in [0.05, 0.1) is 17.0 Å². The van der Waals surface area contributed by atoms with Crippen molar-refractivity contribution >= 4 is 33.2 Å². The van der Waals surface area contributed by atoms with Gasteiger partial charge in [0.2, 0.25) is 15.9 Å². The van der Waals surface area contributed by atoms with Gasteiger partial charge in [0.15, 0.2) is 0 Å². The molecule has 0 atom stereocenters. The number of sulfonamides is 1. The van der Waals surface area contributed by atoms with Crippen molar-refractivity contribution in [1.82, 2.24) is 4.31 Å². The second-order valence-corrected chi connectivity index (χ2v) is 7.93. The van der Waals surface area contributed by atoms with Crippen molar-refractivity contribution in [3.8, 4) is 0 Å². The number of para-hydroxylation sites is 1. The molecule has 1 amide bonds. The maximum atomic E-state index is 12.0. The predicted octanol–water partition coefficient (Wildman–Crippen LogP) is 2.87. The van der Waals surface area contributed by atoms with Crippen LogP contribution in [0.25, 0.3) is 0 Å². The Hall–Kier alpha value is -1.11. The van der Waals surface area contributed by atoms with Crippen molar-refractivity contribution in [2.45, 2.75) is 38.1 Å². The number of carbonyl (C=O) groups is 1. The van der Waals surface area contributed by atoms with Gasteiger partial charge in [0, 0.05) is 19.0 Å². The smallest absolute Gasteiger partial charge is 0.225 e. The zero-order valence-corrected chi connectivity index (χ0v) is 14.2. The van der Waals surface area contributed by atoms with E-state index in [4.69, 9.17) is 11.6 Å². The molecule has 1 aromatic carbocycles. The van der Waals surface area contributed by atoms with Crippen molar-refractivity contribution < 1.29 is 13.2 Å². The van der Waals surface area contributed by atoms with Crippen LogP contribution in [0.15, 0.2) is 24.3 Å². The van der Waals surface area contributed by atoms with Gasteiger partial charge < -0.3 is 5.32 Å². The van der Waals surface area contributed by atoms with Gasteiger partial charge in [-0.15, -0.1) is 0 Å². The van der Waals surface area contributed by atoms with Gasteiger partial charge in [-0.2, -0.15) is 4.31 Å². The summed E-state index contributed by atoms with van der Waals surface area (Å²) in [5, 5.41) is 3.18. The number of rotatable bonds is 6. The van der Waals surface area contributed by atoms with Crippen LogP contribution in [0.3, 0.4) is 0 Å². The number of hydrogen-bond acceptors (Lipinski definition) is 3. The molecule has 1 aliphatic carbocycles. The van der Waals surface area contributed by atoms with Crippen LogP contribution < -0.4 is 5.32 Å². The zero-order valence-electron chi connectivity index (χ0n) is 12.6. The highest BCUT2D eigenvalue weighted by molar-refractivity contribution is 7.88. The van der Waals surface area contributed by atoms with Crippen LogP contribution in [0, 0.1) is 0 Å². The van der Waals surface area contributed by atoms with Crippen LogP contribution in [0.2, 0.25) is 5.02 Å². The summed E-state index contributed by atoms with van der Waals surface area (Å²) in [4.78, 5) is 12.0. The lowest BCUT2D eigenvalue weighted by molar-refractivity contribution is -0.116. The molecule has 0 heterocycles. The SMILES string of the molecule is CS(=O)(=O)N(CCC(=O)Nc1ccccc1Cl)C1CCCC1. The van der Waals surface area contributed by atoms with Crippen molar-refractivity contribution in [3.63, 3.8) is 0 Å². The van der Waals surface area contributed by atoms with E-state index in [1.165, 1.54) is 10.6 Å². The molecule has 0 radical (unpaired) electrons. The Morgan fingerprint density at radius 2 is 1.95 bits per heavy atom. The van der Waals surface area contributed by atoms with E-state index in [0.29, 0.717) is 10.7 Å². The number of benzene rings is 1. The van der Waals surface area contributed by atoms with Gasteiger partial charge in [-0.3, -0.25) is 4.79 Å². The molecule has 1 N–H and O–H groups in total. The first kappa shape index (κ1) is 17.2. The van der Waals surface area contributed by atoms with E-state index in [2.05, 4.69) is 5.32 Å². The normalized spacial score (nSPS) is 16.1. The Labute approximate surface area is 136 Å². The minimum atomic E-state index is -3.30. The fourth-order valence-electron chi connectivity index (χ4n) is 2.80. The second-order valence-electron chi connectivity index (χ2n) is 5.59. The molecule has 0 spiro atoms. The second kappa shape index (κ2) is 7.44. The van der Waals surface area contributed by atoms with Gasteiger partial charge >= 0.3 is 0 Å². The standard InChI is InChI=1S/C15H21ClN2O3S/c1-22(20,21)18(12-6-2-3-7-12)11-10-15(19)17-14-9-5-4-8-13(14)16/h4-5,8-9,12H,2-3,6-7,10-11H2,1H3,(H,17,19). The molecule has 0 aliphatic heterocycles. The fourth-order valence-corrected chi connectivity index (χ4v) is 4.16. The minimum Gasteiger partial charge on any atom is -0.325 e. The zero-order chi connectivity index (χ0) is 16.2. The van der Waals surface area contributed by atoms with E-state index in [1.807, 2.05) is 0 Å². The number of carbonyl (C=O) groups excluding carboxylic acids is 1. The van der Waals surface area contributed by atoms with Gasteiger partial charge in [-0.25, -0.2) is 8.42 Å². The van der Waals surface area contributed by atoms with Gasteiger partial charge in [-0.05, 0) is 25.0 Å². The molecule has 0 bridgehead atoms. The van der Waals surface area contributed by atoms with Crippen molar-refractivity contribution in [3.05, 3.63) is 29.3 Å². The maximum Gasteiger partial charge on any atom is 0.225 e. The number of halogens is 1. The third-order valence-corrected chi connectivity index (χ3v) is 5.53. The molecule has 1 saturated carbocycles. The van der Waals surface area contributed by atoms with Crippen LogP contribution in [-0.2, 0) is 14.8 Å². The van der Waals surface area contributed by atoms with Crippen LogP contribution in [0.1, 0.15) is 32.1 Å². The molecule has 0 aromatic heterocycles. The molecule has 1 aromatic rings. The number of nitrogens with one attached hydrogen (secondary N) is 1. The van der Waals surface area contributed by atoms with E-state index in [0.717, 1.165) is 25.7 Å². The molecular formula is C15H21ClN2O3S. The van der Waals surface area contributed by atoms with E-state index >= 15 is 0 Å². The summed E-state index contributed by atoms with van der Waals surface area (Å²) >= 11 is 5.99. The topological polar surface area (TPSA) is 66.5 Å². The van der Waals surface area contributed by atoms with Crippen LogP contribution >= 0.6 is 11.6 Å². The maximum absolute atomic E-state index is 12.0. The third kappa shape index (κ3) is 4.69. The first-order valence-electron chi connectivity index (χ1n) is 7.39. The molecular weight excluding hydrogens is 324 g/mol. The summed E-state index contributed by atoms with van der Waals surface area (Å²) in [6.45, 7) is 0.208. The Balaban J connectivity index is 1.94. The Bertz CT molecular complexity index is 627.